The molecule has 0 amide bonds. The molecule has 9 aromatic rings. The predicted octanol–water partition coefficient (Wildman–Crippen LogP) is 16.0. The highest BCUT2D eigenvalue weighted by Gasteiger charge is 2.45. The van der Waals surface area contributed by atoms with Gasteiger partial charge in [-0.05, 0) is 122 Å². The van der Waals surface area contributed by atoms with Gasteiger partial charge < -0.3 is 4.90 Å². The van der Waals surface area contributed by atoms with Crippen molar-refractivity contribution in [2.45, 2.75) is 50.4 Å². The summed E-state index contributed by atoms with van der Waals surface area (Å²) >= 11 is 1.89. The molecule has 2 heteroatoms. The van der Waals surface area contributed by atoms with Crippen LogP contribution in [0.2, 0.25) is 0 Å². The van der Waals surface area contributed by atoms with Gasteiger partial charge in [-0.25, -0.2) is 0 Å². The van der Waals surface area contributed by atoms with Crippen molar-refractivity contribution < 1.29 is 0 Å². The number of hydrogen-bond acceptors (Lipinski definition) is 2. The van der Waals surface area contributed by atoms with Crippen LogP contribution in [0.15, 0.2) is 176 Å². The van der Waals surface area contributed by atoms with Crippen molar-refractivity contribution in [3.05, 3.63) is 198 Å². The summed E-state index contributed by atoms with van der Waals surface area (Å²) in [5.74, 6) is 0. The van der Waals surface area contributed by atoms with Crippen LogP contribution in [0.3, 0.4) is 0 Å². The van der Waals surface area contributed by atoms with Crippen molar-refractivity contribution in [3.8, 4) is 44.5 Å². The number of rotatable bonds is 5. The van der Waals surface area contributed by atoms with E-state index >= 15 is 0 Å². The van der Waals surface area contributed by atoms with Gasteiger partial charge in [-0.1, -0.05) is 160 Å². The Morgan fingerprint density at radius 3 is 1.81 bits per heavy atom. The molecule has 0 atom stereocenters. The first kappa shape index (κ1) is 33.9. The van der Waals surface area contributed by atoms with E-state index in [1.165, 1.54) is 124 Å². The van der Waals surface area contributed by atoms with Crippen molar-refractivity contribution >= 4 is 48.6 Å². The Labute approximate surface area is 344 Å². The molecule has 58 heavy (non-hydrogen) atoms. The van der Waals surface area contributed by atoms with E-state index in [0.717, 1.165) is 5.69 Å². The fourth-order valence-electron chi connectivity index (χ4n) is 11.3. The van der Waals surface area contributed by atoms with Crippen LogP contribution in [0.25, 0.3) is 64.7 Å². The number of hydrogen-bond donors (Lipinski definition) is 0. The fourth-order valence-corrected chi connectivity index (χ4v) is 12.4. The molecule has 1 aromatic heterocycles. The van der Waals surface area contributed by atoms with Crippen LogP contribution in [0.1, 0.15) is 61.8 Å². The number of fused-ring (bicyclic) bond motifs is 11. The minimum Gasteiger partial charge on any atom is -0.310 e. The van der Waals surface area contributed by atoms with Gasteiger partial charge >= 0.3 is 0 Å². The van der Waals surface area contributed by atoms with Crippen LogP contribution >= 0.6 is 11.3 Å². The van der Waals surface area contributed by atoms with Gasteiger partial charge in [-0.2, -0.15) is 0 Å². The molecular weight excluding hydrogens is 719 g/mol. The lowest BCUT2D eigenvalue weighted by atomic mass is 9.76. The van der Waals surface area contributed by atoms with E-state index in [9.17, 15) is 0 Å². The van der Waals surface area contributed by atoms with E-state index in [0.29, 0.717) is 0 Å². The summed E-state index contributed by atoms with van der Waals surface area (Å²) in [4.78, 5) is 2.53. The molecule has 1 spiro atoms. The van der Waals surface area contributed by atoms with Crippen molar-refractivity contribution in [2.24, 2.45) is 0 Å². The SMILES string of the molecule is CC1(C)c2ccccc2-c2cccc(-c3ccccc3-c3ccc(N(c4ccc5c(c4)C4(CCCC4)c4ccccc4-5)c4cccc5sc6ccccc6c45)cc3)c21. The van der Waals surface area contributed by atoms with Crippen LogP contribution < -0.4 is 4.90 Å². The van der Waals surface area contributed by atoms with Gasteiger partial charge in [-0.3, -0.25) is 0 Å². The van der Waals surface area contributed by atoms with Gasteiger partial charge in [0.25, 0.3) is 0 Å². The largest absolute Gasteiger partial charge is 0.310 e. The zero-order chi connectivity index (χ0) is 38.6. The average molecular weight is 762 g/mol. The molecule has 278 valence electrons. The average Bonchev–Trinajstić information content (AvgIpc) is 4.04. The van der Waals surface area contributed by atoms with E-state index in [1.54, 1.807) is 0 Å². The molecule has 8 aromatic carbocycles. The standard InChI is InChI=1S/C56H43NS/c1-55(2)47-22-8-5-18-42(47)45-21-13-20-44(54(45)55)40-16-4-3-15-39(40)36-27-29-37(30-28-36)57(50-24-14-26-52-53(50)46-19-7-10-25-51(46)58-52)38-31-32-43-41-17-6-9-23-48(41)56(49(43)35-38)33-11-12-34-56/h3-10,13-32,35H,11-12,33-34H2,1-2H3. The lowest BCUT2D eigenvalue weighted by Crippen LogP contribution is -2.21. The zero-order valence-corrected chi connectivity index (χ0v) is 33.7. The maximum Gasteiger partial charge on any atom is 0.0554 e. The number of thiophene rings is 1. The van der Waals surface area contributed by atoms with Gasteiger partial charge in [0.05, 0.1) is 5.69 Å². The van der Waals surface area contributed by atoms with Gasteiger partial charge in [0.2, 0.25) is 0 Å². The molecule has 0 aliphatic heterocycles. The molecule has 1 saturated carbocycles. The second-order valence-electron chi connectivity index (χ2n) is 17.1. The molecular formula is C56H43NS. The zero-order valence-electron chi connectivity index (χ0n) is 32.9. The van der Waals surface area contributed by atoms with E-state index in [2.05, 4.69) is 195 Å². The Morgan fingerprint density at radius 1 is 0.448 bits per heavy atom. The lowest BCUT2D eigenvalue weighted by molar-refractivity contribution is 0.550. The summed E-state index contributed by atoms with van der Waals surface area (Å²) in [5.41, 5.74) is 20.1. The van der Waals surface area contributed by atoms with Gasteiger partial charge in [-0.15, -0.1) is 11.3 Å². The molecule has 0 N–H and O–H groups in total. The molecule has 1 heterocycles. The summed E-state index contributed by atoms with van der Waals surface area (Å²) in [7, 11) is 0. The predicted molar refractivity (Wildman–Crippen MR) is 247 cm³/mol. The molecule has 0 unspecified atom stereocenters. The maximum absolute atomic E-state index is 2.55. The van der Waals surface area contributed by atoms with Gasteiger partial charge in [0.15, 0.2) is 0 Å². The Balaban J connectivity index is 1.02. The summed E-state index contributed by atoms with van der Waals surface area (Å²) in [6, 6.07) is 66.5. The Morgan fingerprint density at radius 2 is 1.02 bits per heavy atom. The van der Waals surface area contributed by atoms with Gasteiger partial charge in [0, 0.05) is 42.4 Å². The van der Waals surface area contributed by atoms with Crippen LogP contribution in [-0.2, 0) is 10.8 Å². The minimum atomic E-state index is -0.0961. The highest BCUT2D eigenvalue weighted by Crippen LogP contribution is 2.58. The quantitative estimate of drug-likeness (QED) is 0.169. The lowest BCUT2D eigenvalue weighted by Gasteiger charge is -2.30. The molecule has 0 radical (unpaired) electrons. The monoisotopic (exact) mass is 761 g/mol. The fraction of sp³-hybridized carbons (Fsp3) is 0.143. The third-order valence-electron chi connectivity index (χ3n) is 13.8. The van der Waals surface area contributed by atoms with Crippen molar-refractivity contribution in [1.29, 1.82) is 0 Å². The molecule has 1 fully saturated rings. The van der Waals surface area contributed by atoms with Crippen LogP contribution in [0.5, 0.6) is 0 Å². The van der Waals surface area contributed by atoms with Crippen LogP contribution in [0, 0.1) is 0 Å². The molecule has 3 aliphatic rings. The minimum absolute atomic E-state index is 0.0931. The summed E-state index contributed by atoms with van der Waals surface area (Å²) in [5, 5.41) is 2.63. The molecule has 1 nitrogen and oxygen atoms in total. The first-order valence-corrected chi connectivity index (χ1v) is 21.7. The summed E-state index contributed by atoms with van der Waals surface area (Å²) < 4.78 is 2.64. The van der Waals surface area contributed by atoms with E-state index in [1.807, 2.05) is 11.3 Å². The normalized spacial score (nSPS) is 15.4. The number of anilines is 3. The maximum atomic E-state index is 2.55. The molecule has 12 rings (SSSR count). The third kappa shape index (κ3) is 4.76. The Bertz CT molecular complexity index is 3100. The number of nitrogens with zero attached hydrogens (tertiary/aromatic N) is 1. The number of benzene rings is 8. The van der Waals surface area contributed by atoms with Crippen LogP contribution in [0.4, 0.5) is 17.1 Å². The first-order chi connectivity index (χ1) is 28.5. The second-order valence-corrected chi connectivity index (χ2v) is 18.2. The van der Waals surface area contributed by atoms with Crippen LogP contribution in [-0.4, -0.2) is 0 Å². The van der Waals surface area contributed by atoms with Crippen molar-refractivity contribution in [1.82, 2.24) is 0 Å². The first-order valence-electron chi connectivity index (χ1n) is 20.9. The Kier molecular flexibility index (Phi) is 7.38. The van der Waals surface area contributed by atoms with Gasteiger partial charge in [0.1, 0.15) is 0 Å². The van der Waals surface area contributed by atoms with E-state index < -0.39 is 0 Å². The second kappa shape index (κ2) is 12.6. The molecule has 0 saturated heterocycles. The third-order valence-corrected chi connectivity index (χ3v) is 15.0. The highest BCUT2D eigenvalue weighted by molar-refractivity contribution is 7.26. The van der Waals surface area contributed by atoms with E-state index in [-0.39, 0.29) is 10.8 Å². The molecule has 0 bridgehead atoms. The Hall–Kier alpha value is -6.22. The van der Waals surface area contributed by atoms with Crippen molar-refractivity contribution in [2.75, 3.05) is 4.90 Å². The smallest absolute Gasteiger partial charge is 0.0554 e. The van der Waals surface area contributed by atoms with Crippen molar-refractivity contribution in [3.63, 3.8) is 0 Å². The highest BCUT2D eigenvalue weighted by atomic mass is 32.1. The topological polar surface area (TPSA) is 3.24 Å². The van der Waals surface area contributed by atoms with E-state index in [4.69, 9.17) is 0 Å². The molecule has 3 aliphatic carbocycles. The summed E-state index contributed by atoms with van der Waals surface area (Å²) in [6.07, 6.45) is 4.99. The summed E-state index contributed by atoms with van der Waals surface area (Å²) in [6.45, 7) is 4.77.